The molecule has 0 radical (unpaired) electrons. The lowest BCUT2D eigenvalue weighted by Gasteiger charge is -2.10. The molecule has 0 spiro atoms. The summed E-state index contributed by atoms with van der Waals surface area (Å²) < 4.78 is 4.94. The first-order valence-corrected chi connectivity index (χ1v) is 9.01. The molecular weight excluding hydrogens is 362 g/mol. The number of thiocarbonyl (C=S) groups is 1. The molecule has 0 bridgehead atoms. The second-order valence-corrected chi connectivity index (χ2v) is 6.25. The van der Waals surface area contributed by atoms with Gasteiger partial charge in [0, 0.05) is 31.5 Å². The molecule has 0 atom stereocenters. The first-order valence-electron chi connectivity index (χ1n) is 8.60. The standard InChI is InChI=1S/C20H23N3O3S/c1-26-13-5-12-21-19(25)16-8-10-17(11-9-16)22-20(27)23-18(24)14-15-6-3-2-4-7-15/h2-4,6-11H,5,12-14H2,1H3,(H,21,25)(H2,22,23,24,27). The van der Waals surface area contributed by atoms with E-state index in [1.165, 1.54) is 0 Å². The number of carbonyl (C=O) groups excluding carboxylic acids is 2. The van der Waals surface area contributed by atoms with Gasteiger partial charge in [-0.1, -0.05) is 30.3 Å². The molecule has 3 N–H and O–H groups in total. The minimum absolute atomic E-state index is 0.142. The van der Waals surface area contributed by atoms with Gasteiger partial charge in [-0.05, 0) is 48.5 Å². The number of carbonyl (C=O) groups is 2. The van der Waals surface area contributed by atoms with E-state index in [2.05, 4.69) is 16.0 Å². The molecule has 142 valence electrons. The number of hydrogen-bond donors (Lipinski definition) is 3. The summed E-state index contributed by atoms with van der Waals surface area (Å²) in [4.78, 5) is 24.0. The highest BCUT2D eigenvalue weighted by molar-refractivity contribution is 7.80. The summed E-state index contributed by atoms with van der Waals surface area (Å²) in [6.45, 7) is 1.17. The van der Waals surface area contributed by atoms with Crippen LogP contribution in [0.4, 0.5) is 5.69 Å². The Morgan fingerprint density at radius 1 is 1.04 bits per heavy atom. The maximum absolute atomic E-state index is 12.0. The second kappa shape index (κ2) is 11.1. The number of nitrogens with one attached hydrogen (secondary N) is 3. The Kier molecular flexibility index (Phi) is 8.41. The fourth-order valence-electron chi connectivity index (χ4n) is 2.34. The van der Waals surface area contributed by atoms with Gasteiger partial charge in [0.25, 0.3) is 5.91 Å². The fraction of sp³-hybridized carbons (Fsp3) is 0.250. The van der Waals surface area contributed by atoms with Gasteiger partial charge >= 0.3 is 0 Å². The lowest BCUT2D eigenvalue weighted by atomic mass is 10.1. The molecule has 0 aliphatic carbocycles. The van der Waals surface area contributed by atoms with Crippen LogP contribution in [-0.4, -0.2) is 37.2 Å². The van der Waals surface area contributed by atoms with Gasteiger partial charge in [0.2, 0.25) is 5.91 Å². The van der Waals surface area contributed by atoms with Crippen molar-refractivity contribution in [3.05, 3.63) is 65.7 Å². The lowest BCUT2D eigenvalue weighted by molar-refractivity contribution is -0.119. The van der Waals surface area contributed by atoms with E-state index in [1.807, 2.05) is 30.3 Å². The van der Waals surface area contributed by atoms with Crippen LogP contribution in [0.1, 0.15) is 22.3 Å². The summed E-state index contributed by atoms with van der Waals surface area (Å²) in [6.07, 6.45) is 1.02. The Morgan fingerprint density at radius 3 is 2.41 bits per heavy atom. The van der Waals surface area contributed by atoms with Crippen molar-refractivity contribution in [2.24, 2.45) is 0 Å². The molecular formula is C20H23N3O3S. The molecule has 0 heterocycles. The van der Waals surface area contributed by atoms with Gasteiger partial charge in [-0.25, -0.2) is 0 Å². The van der Waals surface area contributed by atoms with Gasteiger partial charge in [0.05, 0.1) is 6.42 Å². The molecule has 0 saturated heterocycles. The highest BCUT2D eigenvalue weighted by Crippen LogP contribution is 2.09. The van der Waals surface area contributed by atoms with Gasteiger partial charge in [-0.3, -0.25) is 9.59 Å². The first-order chi connectivity index (χ1) is 13.1. The summed E-state index contributed by atoms with van der Waals surface area (Å²) in [5.74, 6) is -0.331. The van der Waals surface area contributed by atoms with E-state index in [-0.39, 0.29) is 23.3 Å². The predicted octanol–water partition coefficient (Wildman–Crippen LogP) is 2.51. The van der Waals surface area contributed by atoms with E-state index < -0.39 is 0 Å². The average molecular weight is 385 g/mol. The molecule has 2 aromatic rings. The van der Waals surface area contributed by atoms with E-state index in [0.29, 0.717) is 24.4 Å². The van der Waals surface area contributed by atoms with Gasteiger partial charge in [-0.2, -0.15) is 0 Å². The maximum atomic E-state index is 12.0. The minimum Gasteiger partial charge on any atom is -0.385 e. The van der Waals surface area contributed by atoms with Crippen LogP contribution in [0.3, 0.4) is 0 Å². The summed E-state index contributed by atoms with van der Waals surface area (Å²) >= 11 is 5.16. The third-order valence-electron chi connectivity index (χ3n) is 3.68. The summed E-state index contributed by atoms with van der Waals surface area (Å²) in [7, 11) is 1.63. The number of hydrogen-bond acceptors (Lipinski definition) is 4. The normalized spacial score (nSPS) is 10.1. The molecule has 0 saturated carbocycles. The summed E-state index contributed by atoms with van der Waals surface area (Å²) in [5, 5.41) is 8.62. The molecule has 7 heteroatoms. The van der Waals surface area contributed by atoms with Crippen LogP contribution < -0.4 is 16.0 Å². The third kappa shape index (κ3) is 7.55. The zero-order chi connectivity index (χ0) is 19.5. The Balaban J connectivity index is 1.78. The fourth-order valence-corrected chi connectivity index (χ4v) is 2.57. The van der Waals surface area contributed by atoms with Gasteiger partial charge in [0.1, 0.15) is 0 Å². The van der Waals surface area contributed by atoms with Crippen molar-refractivity contribution in [1.29, 1.82) is 0 Å². The zero-order valence-corrected chi connectivity index (χ0v) is 16.0. The van der Waals surface area contributed by atoms with Crippen LogP contribution in [0.15, 0.2) is 54.6 Å². The van der Waals surface area contributed by atoms with Gasteiger partial charge < -0.3 is 20.7 Å². The van der Waals surface area contributed by atoms with Gasteiger partial charge in [-0.15, -0.1) is 0 Å². The number of ether oxygens (including phenoxy) is 1. The largest absolute Gasteiger partial charge is 0.385 e. The number of amides is 2. The van der Waals surface area contributed by atoms with Crippen molar-refractivity contribution in [3.8, 4) is 0 Å². The Labute approximate surface area is 164 Å². The molecule has 27 heavy (non-hydrogen) atoms. The number of methoxy groups -OCH3 is 1. The minimum atomic E-state index is -0.189. The molecule has 2 rings (SSSR count). The smallest absolute Gasteiger partial charge is 0.251 e. The molecule has 0 aliphatic rings. The van der Waals surface area contributed by atoms with E-state index >= 15 is 0 Å². The van der Waals surface area contributed by atoms with E-state index in [9.17, 15) is 9.59 Å². The maximum Gasteiger partial charge on any atom is 0.251 e. The Morgan fingerprint density at radius 2 is 1.74 bits per heavy atom. The van der Waals surface area contributed by atoms with Crippen molar-refractivity contribution in [2.75, 3.05) is 25.6 Å². The van der Waals surface area contributed by atoms with Crippen molar-refractivity contribution in [1.82, 2.24) is 10.6 Å². The molecule has 0 fully saturated rings. The SMILES string of the molecule is COCCCNC(=O)c1ccc(NC(=S)NC(=O)Cc2ccccc2)cc1. The van der Waals surface area contributed by atoms with Crippen LogP contribution in [0.2, 0.25) is 0 Å². The Bertz CT molecular complexity index is 764. The van der Waals surface area contributed by atoms with E-state index in [4.69, 9.17) is 17.0 Å². The monoisotopic (exact) mass is 385 g/mol. The van der Waals surface area contributed by atoms with Crippen LogP contribution in [-0.2, 0) is 16.0 Å². The molecule has 6 nitrogen and oxygen atoms in total. The second-order valence-electron chi connectivity index (χ2n) is 5.84. The lowest BCUT2D eigenvalue weighted by Crippen LogP contribution is -2.35. The van der Waals surface area contributed by atoms with Crippen LogP contribution in [0, 0.1) is 0 Å². The molecule has 0 unspecified atom stereocenters. The average Bonchev–Trinajstić information content (AvgIpc) is 2.66. The molecule has 2 aromatic carbocycles. The first kappa shape index (κ1) is 20.5. The predicted molar refractivity (Wildman–Crippen MR) is 110 cm³/mol. The van der Waals surface area contributed by atoms with Crippen molar-refractivity contribution < 1.29 is 14.3 Å². The van der Waals surface area contributed by atoms with Crippen molar-refractivity contribution >= 4 is 34.8 Å². The number of anilines is 1. The van der Waals surface area contributed by atoms with E-state index in [0.717, 1.165) is 12.0 Å². The molecule has 0 aliphatic heterocycles. The highest BCUT2D eigenvalue weighted by Gasteiger charge is 2.08. The molecule has 2 amide bonds. The molecule has 0 aromatic heterocycles. The van der Waals surface area contributed by atoms with Crippen molar-refractivity contribution in [3.63, 3.8) is 0 Å². The summed E-state index contributed by atoms with van der Waals surface area (Å²) in [6, 6.07) is 16.3. The quantitative estimate of drug-likeness (QED) is 0.481. The number of rotatable bonds is 8. The highest BCUT2D eigenvalue weighted by atomic mass is 32.1. The number of benzene rings is 2. The van der Waals surface area contributed by atoms with Crippen LogP contribution in [0.25, 0.3) is 0 Å². The topological polar surface area (TPSA) is 79.5 Å². The van der Waals surface area contributed by atoms with Crippen molar-refractivity contribution in [2.45, 2.75) is 12.8 Å². The Hall–Kier alpha value is -2.77. The van der Waals surface area contributed by atoms with Crippen LogP contribution in [0.5, 0.6) is 0 Å². The van der Waals surface area contributed by atoms with Crippen LogP contribution >= 0.6 is 12.2 Å². The third-order valence-corrected chi connectivity index (χ3v) is 3.88. The van der Waals surface area contributed by atoms with Gasteiger partial charge in [0.15, 0.2) is 5.11 Å². The summed E-state index contributed by atoms with van der Waals surface area (Å²) in [5.41, 5.74) is 2.16. The van der Waals surface area contributed by atoms with E-state index in [1.54, 1.807) is 31.4 Å². The zero-order valence-electron chi connectivity index (χ0n) is 15.2.